The molecule has 3 aromatic rings. The number of alkyl halides is 3. The van der Waals surface area contributed by atoms with E-state index in [-0.39, 0.29) is 29.2 Å². The van der Waals surface area contributed by atoms with E-state index in [2.05, 4.69) is 25.3 Å². The van der Waals surface area contributed by atoms with Crippen LogP contribution in [-0.4, -0.2) is 29.0 Å². The number of rotatable bonds is 7. The molecule has 0 aliphatic carbocycles. The summed E-state index contributed by atoms with van der Waals surface area (Å²) in [5.74, 6) is -1.06. The summed E-state index contributed by atoms with van der Waals surface area (Å²) in [6.07, 6.45) is -1.20. The van der Waals surface area contributed by atoms with Crippen LogP contribution in [0.25, 0.3) is 0 Å². The summed E-state index contributed by atoms with van der Waals surface area (Å²) in [5, 5.41) is 5.75. The number of esters is 1. The van der Waals surface area contributed by atoms with E-state index in [0.29, 0.717) is 11.3 Å². The molecular weight excluding hydrogens is 427 g/mol. The molecule has 0 spiro atoms. The number of nitrogens with zero attached hydrogens (tertiary/aromatic N) is 2. The fourth-order valence-electron chi connectivity index (χ4n) is 2.89. The second-order valence-electron chi connectivity index (χ2n) is 6.56. The number of pyridine rings is 2. The molecule has 0 unspecified atom stereocenters. The van der Waals surface area contributed by atoms with E-state index in [0.717, 1.165) is 18.5 Å². The van der Waals surface area contributed by atoms with Crippen molar-refractivity contribution in [2.45, 2.75) is 12.7 Å². The minimum atomic E-state index is -4.55. The normalized spacial score (nSPS) is 11.0. The number of nitrogens with one attached hydrogen (secondary N) is 2. The first-order valence-electron chi connectivity index (χ1n) is 9.18. The Morgan fingerprint density at radius 2 is 1.94 bits per heavy atom. The van der Waals surface area contributed by atoms with Crippen LogP contribution in [0.15, 0.2) is 55.0 Å². The lowest BCUT2D eigenvalue weighted by Crippen LogP contribution is -2.17. The van der Waals surface area contributed by atoms with Gasteiger partial charge in [-0.05, 0) is 24.3 Å². The molecule has 1 aromatic carbocycles. The molecule has 0 bridgehead atoms. The number of anilines is 3. The van der Waals surface area contributed by atoms with E-state index < -0.39 is 23.6 Å². The lowest BCUT2D eigenvalue weighted by molar-refractivity contribution is -0.138. The van der Waals surface area contributed by atoms with E-state index in [4.69, 9.17) is 5.73 Å². The van der Waals surface area contributed by atoms with Crippen molar-refractivity contribution >= 4 is 29.1 Å². The monoisotopic (exact) mass is 445 g/mol. The predicted octanol–water partition coefficient (Wildman–Crippen LogP) is 3.74. The lowest BCUT2D eigenvalue weighted by atomic mass is 10.1. The Morgan fingerprint density at radius 3 is 2.62 bits per heavy atom. The number of hydrogen-bond acceptors (Lipinski definition) is 7. The lowest BCUT2D eigenvalue weighted by Gasteiger charge is -2.15. The standard InChI is InChI=1S/C21H18F3N5O3/c1-32-20(31)12-3-2-4-14(7-12)29-18-8-17(15(11-28-18)19(25)30)27-10-13-9-26-6-5-16(13)21(22,23)24/h2-9,11H,10H2,1H3,(H2,25,30)(H2,27,28,29). The molecule has 2 heterocycles. The summed E-state index contributed by atoms with van der Waals surface area (Å²) in [4.78, 5) is 31.3. The van der Waals surface area contributed by atoms with Crippen molar-refractivity contribution in [3.8, 4) is 0 Å². The number of halogens is 3. The first kappa shape index (κ1) is 22.5. The second-order valence-corrected chi connectivity index (χ2v) is 6.56. The van der Waals surface area contributed by atoms with Crippen molar-refractivity contribution in [2.75, 3.05) is 17.7 Å². The van der Waals surface area contributed by atoms with Gasteiger partial charge in [-0.2, -0.15) is 13.2 Å². The molecule has 8 nitrogen and oxygen atoms in total. The number of hydrogen-bond donors (Lipinski definition) is 3. The van der Waals surface area contributed by atoms with E-state index in [9.17, 15) is 22.8 Å². The summed E-state index contributed by atoms with van der Waals surface area (Å²) >= 11 is 0. The van der Waals surface area contributed by atoms with Crippen LogP contribution in [0.5, 0.6) is 0 Å². The third kappa shape index (κ3) is 5.31. The van der Waals surface area contributed by atoms with Crippen LogP contribution in [0.3, 0.4) is 0 Å². The van der Waals surface area contributed by atoms with Gasteiger partial charge < -0.3 is 21.1 Å². The number of ether oxygens (including phenoxy) is 1. The minimum Gasteiger partial charge on any atom is -0.465 e. The van der Waals surface area contributed by atoms with Gasteiger partial charge in [0.25, 0.3) is 5.91 Å². The van der Waals surface area contributed by atoms with Gasteiger partial charge in [0.15, 0.2) is 0 Å². The molecule has 0 aliphatic rings. The number of methoxy groups -OCH3 is 1. The van der Waals surface area contributed by atoms with Gasteiger partial charge in [-0.3, -0.25) is 9.78 Å². The van der Waals surface area contributed by atoms with Crippen molar-refractivity contribution in [1.82, 2.24) is 9.97 Å². The van der Waals surface area contributed by atoms with Gasteiger partial charge in [-0.15, -0.1) is 0 Å². The van der Waals surface area contributed by atoms with Crippen molar-refractivity contribution in [3.05, 3.63) is 77.2 Å². The van der Waals surface area contributed by atoms with Gasteiger partial charge in [0.2, 0.25) is 0 Å². The highest BCUT2D eigenvalue weighted by Gasteiger charge is 2.33. The number of benzene rings is 1. The van der Waals surface area contributed by atoms with Crippen molar-refractivity contribution < 1.29 is 27.5 Å². The van der Waals surface area contributed by atoms with E-state index in [1.54, 1.807) is 18.2 Å². The second kappa shape index (κ2) is 9.33. The molecule has 0 aliphatic heterocycles. The molecule has 0 fully saturated rings. The summed E-state index contributed by atoms with van der Waals surface area (Å²) in [6, 6.07) is 8.71. The Hall–Kier alpha value is -4.15. The average Bonchev–Trinajstić information content (AvgIpc) is 2.76. The molecule has 32 heavy (non-hydrogen) atoms. The molecule has 3 rings (SSSR count). The number of carbonyl (C=O) groups is 2. The molecule has 11 heteroatoms. The zero-order valence-corrected chi connectivity index (χ0v) is 16.7. The third-order valence-corrected chi connectivity index (χ3v) is 4.40. The van der Waals surface area contributed by atoms with Crippen LogP contribution >= 0.6 is 0 Å². The van der Waals surface area contributed by atoms with Gasteiger partial charge in [-0.1, -0.05) is 6.07 Å². The zero-order valence-electron chi connectivity index (χ0n) is 16.7. The Balaban J connectivity index is 1.87. The molecule has 2 aromatic heterocycles. The third-order valence-electron chi connectivity index (χ3n) is 4.40. The van der Waals surface area contributed by atoms with E-state index in [1.807, 2.05) is 0 Å². The van der Waals surface area contributed by atoms with Crippen molar-refractivity contribution in [1.29, 1.82) is 0 Å². The maximum Gasteiger partial charge on any atom is 0.416 e. The molecule has 166 valence electrons. The summed E-state index contributed by atoms with van der Waals surface area (Å²) in [5.41, 5.74) is 5.41. The summed E-state index contributed by atoms with van der Waals surface area (Å²) in [6.45, 7) is -0.260. The first-order chi connectivity index (χ1) is 15.2. The molecule has 1 amide bonds. The Labute approximate surface area is 180 Å². The molecule has 4 N–H and O–H groups in total. The number of carbonyl (C=O) groups excluding carboxylic acids is 2. The first-order valence-corrected chi connectivity index (χ1v) is 9.18. The van der Waals surface area contributed by atoms with Crippen LogP contribution in [0.2, 0.25) is 0 Å². The Morgan fingerprint density at radius 1 is 1.16 bits per heavy atom. The predicted molar refractivity (Wildman–Crippen MR) is 110 cm³/mol. The zero-order chi connectivity index (χ0) is 23.3. The molecule has 0 atom stereocenters. The number of aromatic nitrogens is 2. The Bertz CT molecular complexity index is 1150. The van der Waals surface area contributed by atoms with Crippen LogP contribution in [0, 0.1) is 0 Å². The van der Waals surface area contributed by atoms with E-state index >= 15 is 0 Å². The quantitative estimate of drug-likeness (QED) is 0.474. The van der Waals surface area contributed by atoms with Crippen molar-refractivity contribution in [2.24, 2.45) is 5.73 Å². The fraction of sp³-hybridized carbons (Fsp3) is 0.143. The van der Waals surface area contributed by atoms with Gasteiger partial charge in [0.1, 0.15) is 5.82 Å². The highest BCUT2D eigenvalue weighted by Crippen LogP contribution is 2.32. The smallest absolute Gasteiger partial charge is 0.416 e. The minimum absolute atomic E-state index is 0.00342. The molecule has 0 saturated carbocycles. The van der Waals surface area contributed by atoms with Gasteiger partial charge >= 0.3 is 12.1 Å². The largest absolute Gasteiger partial charge is 0.465 e. The molecular formula is C21H18F3N5O3. The highest BCUT2D eigenvalue weighted by molar-refractivity contribution is 5.98. The maximum absolute atomic E-state index is 13.2. The number of primary amides is 1. The SMILES string of the molecule is COC(=O)c1cccc(Nc2cc(NCc3cnccc3C(F)(F)F)c(C(N)=O)cn2)c1. The molecule has 0 radical (unpaired) electrons. The van der Waals surface area contributed by atoms with Crippen LogP contribution in [0.1, 0.15) is 31.8 Å². The average molecular weight is 445 g/mol. The molecule has 0 saturated heterocycles. The number of nitrogens with two attached hydrogens (primary N) is 1. The van der Waals surface area contributed by atoms with Gasteiger partial charge in [0, 0.05) is 42.5 Å². The fourth-order valence-corrected chi connectivity index (χ4v) is 2.89. The van der Waals surface area contributed by atoms with Gasteiger partial charge in [-0.25, -0.2) is 9.78 Å². The Kier molecular flexibility index (Phi) is 6.57. The van der Waals surface area contributed by atoms with E-state index in [1.165, 1.54) is 25.4 Å². The summed E-state index contributed by atoms with van der Waals surface area (Å²) in [7, 11) is 1.26. The van der Waals surface area contributed by atoms with Crippen molar-refractivity contribution in [3.63, 3.8) is 0 Å². The topological polar surface area (TPSA) is 119 Å². The maximum atomic E-state index is 13.2. The van der Waals surface area contributed by atoms with Crippen LogP contribution in [-0.2, 0) is 17.5 Å². The van der Waals surface area contributed by atoms with Gasteiger partial charge in [0.05, 0.1) is 29.5 Å². The summed E-state index contributed by atoms with van der Waals surface area (Å²) < 4.78 is 44.3. The number of amides is 1. The van der Waals surface area contributed by atoms with Crippen LogP contribution in [0.4, 0.5) is 30.4 Å². The highest BCUT2D eigenvalue weighted by atomic mass is 19.4. The van der Waals surface area contributed by atoms with Crippen LogP contribution < -0.4 is 16.4 Å².